The van der Waals surface area contributed by atoms with Gasteiger partial charge < -0.3 is 9.64 Å². The first kappa shape index (κ1) is 13.8. The minimum absolute atomic E-state index is 0.0476. The molecule has 0 fully saturated rings. The summed E-state index contributed by atoms with van der Waals surface area (Å²) in [6.07, 6.45) is 0.571. The summed E-state index contributed by atoms with van der Waals surface area (Å²) in [6, 6.07) is 0. The quantitative estimate of drug-likeness (QED) is 0.571. The highest BCUT2D eigenvalue weighted by Gasteiger charge is 2.03. The van der Waals surface area contributed by atoms with Crippen molar-refractivity contribution >= 4 is 10.0 Å². The van der Waals surface area contributed by atoms with Gasteiger partial charge in [-0.15, -0.1) is 0 Å². The van der Waals surface area contributed by atoms with E-state index in [2.05, 4.69) is 0 Å². The van der Waals surface area contributed by atoms with Crippen molar-refractivity contribution in [2.45, 2.75) is 13.3 Å². The molecule has 0 amide bonds. The van der Waals surface area contributed by atoms with Crippen LogP contribution in [0.3, 0.4) is 0 Å². The summed E-state index contributed by atoms with van der Waals surface area (Å²) in [7, 11) is -1.37. The number of sulfonamides is 1. The Labute approximate surface area is 86.3 Å². The summed E-state index contributed by atoms with van der Waals surface area (Å²) in [4.78, 5) is 2.03. The Bertz CT molecular complexity index is 229. The summed E-state index contributed by atoms with van der Waals surface area (Å²) in [5, 5.41) is 4.87. The van der Waals surface area contributed by atoms with Crippen LogP contribution in [-0.4, -0.2) is 52.4 Å². The van der Waals surface area contributed by atoms with Crippen molar-refractivity contribution in [2.24, 2.45) is 5.14 Å². The zero-order valence-electron chi connectivity index (χ0n) is 8.90. The van der Waals surface area contributed by atoms with Gasteiger partial charge in [-0.05, 0) is 26.9 Å². The van der Waals surface area contributed by atoms with Gasteiger partial charge in [-0.3, -0.25) is 0 Å². The van der Waals surface area contributed by atoms with Gasteiger partial charge in [0.25, 0.3) is 0 Å². The van der Waals surface area contributed by atoms with E-state index < -0.39 is 10.0 Å². The number of nitrogens with two attached hydrogens (primary N) is 1. The summed E-state index contributed by atoms with van der Waals surface area (Å²) < 4.78 is 26.4. The van der Waals surface area contributed by atoms with Crippen LogP contribution in [0.5, 0.6) is 0 Å². The minimum atomic E-state index is -3.30. The fourth-order valence-electron chi connectivity index (χ4n) is 1.01. The van der Waals surface area contributed by atoms with E-state index >= 15 is 0 Å². The Hall–Kier alpha value is -0.170. The van der Waals surface area contributed by atoms with E-state index in [0.29, 0.717) is 19.6 Å². The van der Waals surface area contributed by atoms with Crippen LogP contribution >= 0.6 is 0 Å². The Kier molecular flexibility index (Phi) is 7.08. The standard InChI is InChI=1S/C8H20N2O3S/c1-3-13-7-6-10(2)5-4-8-14(9,11)12/h3-8H2,1-2H3,(H2,9,11,12). The second-order valence-electron chi connectivity index (χ2n) is 3.22. The van der Waals surface area contributed by atoms with Gasteiger partial charge in [-0.25, -0.2) is 13.6 Å². The molecule has 0 saturated heterocycles. The largest absolute Gasteiger partial charge is 0.380 e. The predicted molar refractivity (Wildman–Crippen MR) is 56.6 cm³/mol. The average molecular weight is 224 g/mol. The highest BCUT2D eigenvalue weighted by molar-refractivity contribution is 7.89. The van der Waals surface area contributed by atoms with Crippen LogP contribution in [0.4, 0.5) is 0 Å². The third kappa shape index (κ3) is 9.91. The molecule has 0 radical (unpaired) electrons. The van der Waals surface area contributed by atoms with Crippen LogP contribution in [0, 0.1) is 0 Å². The van der Waals surface area contributed by atoms with Crippen molar-refractivity contribution < 1.29 is 13.2 Å². The number of hydrogen-bond acceptors (Lipinski definition) is 4. The van der Waals surface area contributed by atoms with Gasteiger partial charge in [-0.2, -0.15) is 0 Å². The molecule has 5 nitrogen and oxygen atoms in total. The van der Waals surface area contributed by atoms with Crippen molar-refractivity contribution in [3.05, 3.63) is 0 Å². The molecule has 0 aliphatic rings. The SMILES string of the molecule is CCOCCN(C)CCCS(N)(=O)=O. The molecular formula is C8H20N2O3S. The van der Waals surface area contributed by atoms with Crippen molar-refractivity contribution in [2.75, 3.05) is 39.1 Å². The first-order chi connectivity index (χ1) is 6.45. The highest BCUT2D eigenvalue weighted by atomic mass is 32.2. The lowest BCUT2D eigenvalue weighted by Crippen LogP contribution is -2.27. The van der Waals surface area contributed by atoms with Crippen LogP contribution in [0.1, 0.15) is 13.3 Å². The van der Waals surface area contributed by atoms with Crippen LogP contribution in [0.15, 0.2) is 0 Å². The Morgan fingerprint density at radius 1 is 1.36 bits per heavy atom. The molecule has 0 aromatic heterocycles. The van der Waals surface area contributed by atoms with Crippen LogP contribution < -0.4 is 5.14 Å². The van der Waals surface area contributed by atoms with Crippen molar-refractivity contribution in [1.82, 2.24) is 4.90 Å². The molecule has 0 aromatic rings. The van der Waals surface area contributed by atoms with E-state index in [0.717, 1.165) is 13.1 Å². The molecular weight excluding hydrogens is 204 g/mol. The molecule has 14 heavy (non-hydrogen) atoms. The zero-order valence-corrected chi connectivity index (χ0v) is 9.72. The van der Waals surface area contributed by atoms with Crippen molar-refractivity contribution in [3.8, 4) is 0 Å². The van der Waals surface area contributed by atoms with Gasteiger partial charge in [0.1, 0.15) is 0 Å². The maximum Gasteiger partial charge on any atom is 0.209 e. The molecule has 0 aromatic carbocycles. The van der Waals surface area contributed by atoms with E-state index in [-0.39, 0.29) is 5.75 Å². The Morgan fingerprint density at radius 3 is 2.50 bits per heavy atom. The average Bonchev–Trinajstić information content (AvgIpc) is 2.02. The smallest absolute Gasteiger partial charge is 0.209 e. The first-order valence-electron chi connectivity index (χ1n) is 4.72. The predicted octanol–water partition coefficient (Wildman–Crippen LogP) is -0.367. The summed E-state index contributed by atoms with van der Waals surface area (Å²) in [6.45, 7) is 4.89. The topological polar surface area (TPSA) is 72.6 Å². The van der Waals surface area contributed by atoms with Crippen molar-refractivity contribution in [3.63, 3.8) is 0 Å². The molecule has 6 heteroatoms. The van der Waals surface area contributed by atoms with Gasteiger partial charge in [0.15, 0.2) is 0 Å². The molecule has 0 spiro atoms. The molecule has 0 saturated carbocycles. The van der Waals surface area contributed by atoms with Crippen LogP contribution in [0.2, 0.25) is 0 Å². The van der Waals surface area contributed by atoms with E-state index in [9.17, 15) is 8.42 Å². The number of likely N-dealkylation sites (N-methyl/N-ethyl adjacent to an activating group) is 1. The molecule has 0 aliphatic carbocycles. The third-order valence-electron chi connectivity index (χ3n) is 1.79. The molecule has 2 N–H and O–H groups in total. The fraction of sp³-hybridized carbons (Fsp3) is 1.00. The van der Waals surface area contributed by atoms with Gasteiger partial charge in [0.05, 0.1) is 12.4 Å². The fourth-order valence-corrected chi connectivity index (χ4v) is 1.54. The molecule has 0 bridgehead atoms. The van der Waals surface area contributed by atoms with Gasteiger partial charge in [0.2, 0.25) is 10.0 Å². The lowest BCUT2D eigenvalue weighted by atomic mass is 10.4. The van der Waals surface area contributed by atoms with Gasteiger partial charge >= 0.3 is 0 Å². The zero-order chi connectivity index (χ0) is 11.0. The van der Waals surface area contributed by atoms with Crippen LogP contribution in [0.25, 0.3) is 0 Å². The normalized spacial score (nSPS) is 12.3. The number of primary sulfonamides is 1. The molecule has 0 heterocycles. The molecule has 0 unspecified atom stereocenters. The second-order valence-corrected chi connectivity index (χ2v) is 4.95. The summed E-state index contributed by atoms with van der Waals surface area (Å²) >= 11 is 0. The monoisotopic (exact) mass is 224 g/mol. The molecule has 0 atom stereocenters. The highest BCUT2D eigenvalue weighted by Crippen LogP contribution is 1.90. The van der Waals surface area contributed by atoms with Crippen LogP contribution in [-0.2, 0) is 14.8 Å². The molecule has 86 valence electrons. The summed E-state index contributed by atoms with van der Waals surface area (Å²) in [5.41, 5.74) is 0. The maximum atomic E-state index is 10.6. The number of hydrogen-bond donors (Lipinski definition) is 1. The molecule has 0 rings (SSSR count). The van der Waals surface area contributed by atoms with E-state index in [1.54, 1.807) is 0 Å². The number of ether oxygens (including phenoxy) is 1. The third-order valence-corrected chi connectivity index (χ3v) is 2.65. The number of nitrogens with zero attached hydrogens (tertiary/aromatic N) is 1. The van der Waals surface area contributed by atoms with E-state index in [1.807, 2.05) is 18.9 Å². The number of rotatable bonds is 8. The maximum absolute atomic E-state index is 10.6. The van der Waals surface area contributed by atoms with E-state index in [4.69, 9.17) is 9.88 Å². The minimum Gasteiger partial charge on any atom is -0.380 e. The second kappa shape index (κ2) is 7.17. The lowest BCUT2D eigenvalue weighted by Gasteiger charge is -2.15. The van der Waals surface area contributed by atoms with Gasteiger partial charge in [-0.1, -0.05) is 0 Å². The van der Waals surface area contributed by atoms with Crippen molar-refractivity contribution in [1.29, 1.82) is 0 Å². The van der Waals surface area contributed by atoms with E-state index in [1.165, 1.54) is 0 Å². The van der Waals surface area contributed by atoms with Gasteiger partial charge in [0, 0.05) is 13.2 Å². The summed E-state index contributed by atoms with van der Waals surface area (Å²) in [5.74, 6) is 0.0476. The Balaban J connectivity index is 3.40. The first-order valence-corrected chi connectivity index (χ1v) is 6.44. The molecule has 0 aliphatic heterocycles. The lowest BCUT2D eigenvalue weighted by molar-refractivity contribution is 0.122. The Morgan fingerprint density at radius 2 is 2.00 bits per heavy atom.